The van der Waals surface area contributed by atoms with E-state index in [1.807, 2.05) is 19.1 Å². The molecule has 2 aromatic carbocycles. The Kier molecular flexibility index (Phi) is 4.99. The van der Waals surface area contributed by atoms with Crippen molar-refractivity contribution in [2.24, 2.45) is 0 Å². The normalized spacial score (nSPS) is 10.3. The molecule has 0 aliphatic rings. The summed E-state index contributed by atoms with van der Waals surface area (Å²) in [7, 11) is 0. The Morgan fingerprint density at radius 1 is 1.10 bits per heavy atom. The van der Waals surface area contributed by atoms with E-state index in [2.05, 4.69) is 5.32 Å². The molecule has 0 amide bonds. The average Bonchev–Trinajstić information content (AvgIpc) is 2.42. The predicted molar refractivity (Wildman–Crippen MR) is 83.1 cm³/mol. The van der Waals surface area contributed by atoms with Gasteiger partial charge in [0, 0.05) is 12.1 Å². The number of hydrogen-bond donors (Lipinski definition) is 2. The van der Waals surface area contributed by atoms with Gasteiger partial charge in [0.2, 0.25) is 0 Å². The van der Waals surface area contributed by atoms with Crippen molar-refractivity contribution in [3.63, 3.8) is 0 Å². The van der Waals surface area contributed by atoms with E-state index >= 15 is 0 Å². The molecule has 0 spiro atoms. The number of aromatic hydroxyl groups is 1. The first-order chi connectivity index (χ1) is 9.63. The minimum atomic E-state index is 0.130. The van der Waals surface area contributed by atoms with Gasteiger partial charge in [-0.15, -0.1) is 0 Å². The Morgan fingerprint density at radius 3 is 2.40 bits per heavy atom. The van der Waals surface area contributed by atoms with E-state index in [1.165, 1.54) is 0 Å². The molecule has 0 saturated heterocycles. The smallest absolute Gasteiger partial charge is 0.162 e. The maximum Gasteiger partial charge on any atom is 0.162 e. The standard InChI is InChI=1S/C15H15Cl2NO2/c1-2-20-13-8-3-5-10(15(13)19)9-18-14-11(16)6-4-7-12(14)17/h3-8,18-19H,2,9H2,1H3. The molecular weight excluding hydrogens is 297 g/mol. The van der Waals surface area contributed by atoms with Crippen LogP contribution in [0.2, 0.25) is 10.0 Å². The zero-order valence-electron chi connectivity index (χ0n) is 11.0. The van der Waals surface area contributed by atoms with E-state index in [0.29, 0.717) is 40.2 Å². The fourth-order valence-electron chi connectivity index (χ4n) is 1.83. The maximum absolute atomic E-state index is 10.1. The van der Waals surface area contributed by atoms with Gasteiger partial charge in [0.15, 0.2) is 11.5 Å². The quantitative estimate of drug-likeness (QED) is 0.840. The van der Waals surface area contributed by atoms with Crippen molar-refractivity contribution in [3.05, 3.63) is 52.0 Å². The number of hydrogen-bond acceptors (Lipinski definition) is 3. The van der Waals surface area contributed by atoms with Crippen LogP contribution in [0.5, 0.6) is 11.5 Å². The molecule has 0 bridgehead atoms. The van der Waals surface area contributed by atoms with Crippen molar-refractivity contribution in [1.29, 1.82) is 0 Å². The Hall–Kier alpha value is -1.58. The van der Waals surface area contributed by atoms with Crippen LogP contribution in [0.25, 0.3) is 0 Å². The number of phenolic OH excluding ortho intramolecular Hbond substituents is 1. The molecule has 2 N–H and O–H groups in total. The summed E-state index contributed by atoms with van der Waals surface area (Å²) in [6.45, 7) is 2.77. The van der Waals surface area contributed by atoms with Crippen LogP contribution >= 0.6 is 23.2 Å². The van der Waals surface area contributed by atoms with E-state index in [-0.39, 0.29) is 5.75 Å². The highest BCUT2D eigenvalue weighted by Crippen LogP contribution is 2.33. The van der Waals surface area contributed by atoms with Crippen molar-refractivity contribution in [2.45, 2.75) is 13.5 Å². The van der Waals surface area contributed by atoms with Crippen molar-refractivity contribution >= 4 is 28.9 Å². The SMILES string of the molecule is CCOc1cccc(CNc2c(Cl)cccc2Cl)c1O. The number of halogens is 2. The lowest BCUT2D eigenvalue weighted by Gasteiger charge is -2.13. The molecule has 106 valence electrons. The molecule has 0 atom stereocenters. The van der Waals surface area contributed by atoms with E-state index in [9.17, 15) is 5.11 Å². The second-order valence-corrected chi connectivity index (χ2v) is 4.96. The summed E-state index contributed by atoms with van der Waals surface area (Å²) in [5.74, 6) is 0.599. The molecular formula is C15H15Cl2NO2. The predicted octanol–water partition coefficient (Wildman–Crippen LogP) is 4.71. The zero-order valence-corrected chi connectivity index (χ0v) is 12.5. The van der Waals surface area contributed by atoms with Gasteiger partial charge in [-0.25, -0.2) is 0 Å². The molecule has 2 aromatic rings. The first-order valence-electron chi connectivity index (χ1n) is 6.25. The van der Waals surface area contributed by atoms with Gasteiger partial charge in [-0.3, -0.25) is 0 Å². The average molecular weight is 312 g/mol. The number of phenols is 1. The number of para-hydroxylation sites is 2. The summed E-state index contributed by atoms with van der Waals surface area (Å²) < 4.78 is 5.35. The van der Waals surface area contributed by atoms with Gasteiger partial charge >= 0.3 is 0 Å². The van der Waals surface area contributed by atoms with Crippen LogP contribution in [0.1, 0.15) is 12.5 Å². The third-order valence-electron chi connectivity index (χ3n) is 2.80. The van der Waals surface area contributed by atoms with Gasteiger partial charge in [-0.2, -0.15) is 0 Å². The molecule has 3 nitrogen and oxygen atoms in total. The Labute approximate surface area is 128 Å². The van der Waals surface area contributed by atoms with E-state index < -0.39 is 0 Å². The minimum absolute atomic E-state index is 0.130. The highest BCUT2D eigenvalue weighted by Gasteiger charge is 2.09. The second kappa shape index (κ2) is 6.73. The van der Waals surface area contributed by atoms with Crippen LogP contribution in [0.3, 0.4) is 0 Å². The molecule has 0 heterocycles. The molecule has 0 unspecified atom stereocenters. The van der Waals surface area contributed by atoms with Gasteiger partial charge in [-0.1, -0.05) is 41.4 Å². The largest absolute Gasteiger partial charge is 0.504 e. The molecule has 0 saturated carbocycles. The third kappa shape index (κ3) is 3.30. The van der Waals surface area contributed by atoms with Crippen LogP contribution in [0.15, 0.2) is 36.4 Å². The monoisotopic (exact) mass is 311 g/mol. The van der Waals surface area contributed by atoms with Crippen molar-refractivity contribution in [1.82, 2.24) is 0 Å². The van der Waals surface area contributed by atoms with Crippen molar-refractivity contribution < 1.29 is 9.84 Å². The molecule has 0 aliphatic carbocycles. The van der Waals surface area contributed by atoms with Crippen LogP contribution in [0.4, 0.5) is 5.69 Å². The lowest BCUT2D eigenvalue weighted by atomic mass is 10.2. The van der Waals surface area contributed by atoms with Gasteiger partial charge in [-0.05, 0) is 25.1 Å². The summed E-state index contributed by atoms with van der Waals surface area (Å²) in [5.41, 5.74) is 1.36. The van der Waals surface area contributed by atoms with Crippen LogP contribution < -0.4 is 10.1 Å². The molecule has 2 rings (SSSR count). The Balaban J connectivity index is 2.17. The second-order valence-electron chi connectivity index (χ2n) is 4.15. The minimum Gasteiger partial charge on any atom is -0.504 e. The number of anilines is 1. The summed E-state index contributed by atoms with van der Waals surface area (Å²) in [4.78, 5) is 0. The fourth-order valence-corrected chi connectivity index (χ4v) is 2.36. The molecule has 0 aromatic heterocycles. The maximum atomic E-state index is 10.1. The topological polar surface area (TPSA) is 41.5 Å². The first kappa shape index (κ1) is 14.8. The van der Waals surface area contributed by atoms with Crippen LogP contribution in [-0.2, 0) is 6.54 Å². The number of benzene rings is 2. The molecule has 20 heavy (non-hydrogen) atoms. The summed E-state index contributed by atoms with van der Waals surface area (Å²) in [6, 6.07) is 10.7. The number of rotatable bonds is 5. The lowest BCUT2D eigenvalue weighted by Crippen LogP contribution is -2.02. The molecule has 5 heteroatoms. The van der Waals surface area contributed by atoms with E-state index in [0.717, 1.165) is 0 Å². The summed E-state index contributed by atoms with van der Waals surface area (Å²) in [5, 5.41) is 14.3. The van der Waals surface area contributed by atoms with Gasteiger partial charge in [0.25, 0.3) is 0 Å². The highest BCUT2D eigenvalue weighted by molar-refractivity contribution is 6.39. The fraction of sp³-hybridized carbons (Fsp3) is 0.200. The highest BCUT2D eigenvalue weighted by atomic mass is 35.5. The molecule has 0 radical (unpaired) electrons. The van der Waals surface area contributed by atoms with E-state index in [1.54, 1.807) is 24.3 Å². The Morgan fingerprint density at radius 2 is 1.75 bits per heavy atom. The number of nitrogens with one attached hydrogen (secondary N) is 1. The van der Waals surface area contributed by atoms with Gasteiger partial charge in [0.1, 0.15) is 0 Å². The molecule has 0 aliphatic heterocycles. The number of ether oxygens (including phenoxy) is 1. The van der Waals surface area contributed by atoms with Crippen molar-refractivity contribution in [3.8, 4) is 11.5 Å². The zero-order chi connectivity index (χ0) is 14.5. The summed E-state index contributed by atoms with van der Waals surface area (Å²) in [6.07, 6.45) is 0. The van der Waals surface area contributed by atoms with Gasteiger partial charge in [0.05, 0.1) is 22.3 Å². The lowest BCUT2D eigenvalue weighted by molar-refractivity contribution is 0.317. The summed E-state index contributed by atoms with van der Waals surface area (Å²) >= 11 is 12.2. The third-order valence-corrected chi connectivity index (χ3v) is 3.43. The molecule has 0 fully saturated rings. The van der Waals surface area contributed by atoms with Gasteiger partial charge < -0.3 is 15.2 Å². The van der Waals surface area contributed by atoms with Crippen LogP contribution in [-0.4, -0.2) is 11.7 Å². The first-order valence-corrected chi connectivity index (χ1v) is 7.00. The van der Waals surface area contributed by atoms with Crippen molar-refractivity contribution in [2.75, 3.05) is 11.9 Å². The van der Waals surface area contributed by atoms with E-state index in [4.69, 9.17) is 27.9 Å². The van der Waals surface area contributed by atoms with Crippen LogP contribution in [0, 0.1) is 0 Å². The Bertz CT molecular complexity index is 582.